The molecule has 0 aliphatic heterocycles. The number of hydrogen-bond acceptors (Lipinski definition) is 5. The Labute approximate surface area is 218 Å². The molecule has 4 nitrogen and oxygen atoms in total. The highest BCUT2D eigenvalue weighted by atomic mass is 32.1. The highest BCUT2D eigenvalue weighted by molar-refractivity contribution is 7.22. The summed E-state index contributed by atoms with van der Waals surface area (Å²) in [7, 11) is 0. The molecule has 0 amide bonds. The van der Waals surface area contributed by atoms with E-state index in [4.69, 9.17) is 14.7 Å². The zero-order valence-corrected chi connectivity index (χ0v) is 22.0. The number of rotatable bonds is 6. The Bertz CT molecular complexity index is 1580. The van der Waals surface area contributed by atoms with Crippen LogP contribution in [0, 0.1) is 13.8 Å². The number of thiazole rings is 2. The van der Waals surface area contributed by atoms with Crippen molar-refractivity contribution in [3.63, 3.8) is 0 Å². The number of aromatic nitrogens is 3. The lowest BCUT2D eigenvalue weighted by molar-refractivity contribution is 0.340. The summed E-state index contributed by atoms with van der Waals surface area (Å²) in [6, 6.07) is 27.1. The van der Waals surface area contributed by atoms with E-state index in [-0.39, 0.29) is 0 Å². The summed E-state index contributed by atoms with van der Waals surface area (Å²) in [6.07, 6.45) is 2.25. The van der Waals surface area contributed by atoms with Gasteiger partial charge in [-0.15, -0.1) is 22.7 Å². The number of fused-ring (bicyclic) bond motifs is 2. The Kier molecular flexibility index (Phi) is 5.91. The van der Waals surface area contributed by atoms with Crippen molar-refractivity contribution in [1.29, 1.82) is 0 Å². The third-order valence-corrected chi connectivity index (χ3v) is 8.36. The van der Waals surface area contributed by atoms with Crippen LogP contribution in [0.5, 0.6) is 5.75 Å². The molecule has 6 rings (SSSR count). The van der Waals surface area contributed by atoms with Crippen LogP contribution in [0.2, 0.25) is 0 Å². The van der Waals surface area contributed by atoms with E-state index in [1.54, 1.807) is 22.7 Å². The molecule has 3 aromatic heterocycles. The second-order valence-corrected chi connectivity index (χ2v) is 10.7. The van der Waals surface area contributed by atoms with E-state index in [1.807, 2.05) is 31.2 Å². The predicted molar refractivity (Wildman–Crippen MR) is 153 cm³/mol. The number of benzene rings is 3. The molecule has 0 fully saturated rings. The van der Waals surface area contributed by atoms with E-state index in [0.29, 0.717) is 6.61 Å². The quantitative estimate of drug-likeness (QED) is 0.228. The van der Waals surface area contributed by atoms with Crippen LogP contribution < -0.4 is 4.74 Å². The summed E-state index contributed by atoms with van der Waals surface area (Å²) in [5, 5.41) is 1.97. The summed E-state index contributed by atoms with van der Waals surface area (Å²) >= 11 is 3.43. The first-order valence-corrected chi connectivity index (χ1v) is 13.6. The third-order valence-electron chi connectivity index (χ3n) is 6.22. The van der Waals surface area contributed by atoms with Crippen molar-refractivity contribution in [3.8, 4) is 11.4 Å². The molecule has 0 bridgehead atoms. The second-order valence-electron chi connectivity index (χ2n) is 8.62. The molecular formula is C30H25N3OS2. The Morgan fingerprint density at radius 2 is 1.42 bits per heavy atom. The predicted octanol–water partition coefficient (Wildman–Crippen LogP) is 8.30. The minimum absolute atomic E-state index is 0.663. The lowest BCUT2D eigenvalue weighted by Gasteiger charge is -2.11. The van der Waals surface area contributed by atoms with E-state index >= 15 is 0 Å². The maximum atomic E-state index is 5.63. The Balaban J connectivity index is 1.50. The van der Waals surface area contributed by atoms with E-state index < -0.39 is 0 Å². The molecule has 3 heterocycles. The van der Waals surface area contributed by atoms with Crippen molar-refractivity contribution in [2.45, 2.75) is 20.8 Å². The molecule has 0 unspecified atom stereocenters. The van der Waals surface area contributed by atoms with Crippen LogP contribution in [0.4, 0.5) is 0 Å². The first-order chi connectivity index (χ1) is 17.6. The van der Waals surface area contributed by atoms with Crippen LogP contribution in [0.25, 0.3) is 37.8 Å². The van der Waals surface area contributed by atoms with Gasteiger partial charge in [0.1, 0.15) is 15.8 Å². The lowest BCUT2D eigenvalue weighted by Crippen LogP contribution is -1.99. The zero-order chi connectivity index (χ0) is 24.6. The van der Waals surface area contributed by atoms with Gasteiger partial charge < -0.3 is 9.30 Å². The van der Waals surface area contributed by atoms with Gasteiger partial charge in [0.15, 0.2) is 0 Å². The molecule has 0 N–H and O–H groups in total. The molecule has 0 saturated carbocycles. The Hall–Kier alpha value is -3.74. The molecule has 0 aliphatic rings. The fourth-order valence-electron chi connectivity index (χ4n) is 4.53. The van der Waals surface area contributed by atoms with E-state index in [0.717, 1.165) is 43.6 Å². The fraction of sp³-hybridized carbons (Fsp3) is 0.133. The van der Waals surface area contributed by atoms with Gasteiger partial charge in [-0.1, -0.05) is 24.3 Å². The molecule has 0 radical (unpaired) electrons. The van der Waals surface area contributed by atoms with E-state index in [9.17, 15) is 0 Å². The molecule has 0 saturated heterocycles. The minimum Gasteiger partial charge on any atom is -0.494 e. The molecule has 3 aromatic carbocycles. The highest BCUT2D eigenvalue weighted by Crippen LogP contribution is 2.37. The molecule has 6 aromatic rings. The van der Waals surface area contributed by atoms with Gasteiger partial charge in [-0.05, 0) is 87.0 Å². The first kappa shape index (κ1) is 22.7. The average Bonchev–Trinajstić information content (AvgIpc) is 3.58. The van der Waals surface area contributed by atoms with Gasteiger partial charge in [-0.3, -0.25) is 0 Å². The van der Waals surface area contributed by atoms with Crippen LogP contribution >= 0.6 is 22.7 Å². The molecule has 0 atom stereocenters. The number of hydrogen-bond donors (Lipinski definition) is 0. The largest absolute Gasteiger partial charge is 0.494 e. The third kappa shape index (κ3) is 4.12. The fourth-order valence-corrected chi connectivity index (χ4v) is 6.56. The van der Waals surface area contributed by atoms with Crippen molar-refractivity contribution < 1.29 is 4.74 Å². The van der Waals surface area contributed by atoms with Gasteiger partial charge in [0, 0.05) is 22.6 Å². The maximum Gasteiger partial charge on any atom is 0.127 e. The Morgan fingerprint density at radius 1 is 0.833 bits per heavy atom. The molecule has 0 aliphatic carbocycles. The summed E-state index contributed by atoms with van der Waals surface area (Å²) in [6.45, 7) is 6.98. The monoisotopic (exact) mass is 507 g/mol. The van der Waals surface area contributed by atoms with Crippen molar-refractivity contribution in [1.82, 2.24) is 14.5 Å². The van der Waals surface area contributed by atoms with Crippen molar-refractivity contribution in [3.05, 3.63) is 106 Å². The maximum absolute atomic E-state index is 5.63. The van der Waals surface area contributed by atoms with E-state index in [1.165, 1.54) is 20.8 Å². The van der Waals surface area contributed by atoms with Gasteiger partial charge in [-0.25, -0.2) is 9.97 Å². The van der Waals surface area contributed by atoms with Gasteiger partial charge in [0.05, 0.1) is 27.0 Å². The first-order valence-electron chi connectivity index (χ1n) is 12.0. The summed E-state index contributed by atoms with van der Waals surface area (Å²) in [5.74, 6) is 0.887. The van der Waals surface area contributed by atoms with Crippen LogP contribution in [0.1, 0.15) is 33.9 Å². The number of ether oxygens (including phenoxy) is 1. The van der Waals surface area contributed by atoms with Crippen molar-refractivity contribution in [2.24, 2.45) is 0 Å². The molecule has 6 heteroatoms. The van der Waals surface area contributed by atoms with Crippen LogP contribution in [0.15, 0.2) is 78.9 Å². The van der Waals surface area contributed by atoms with E-state index in [2.05, 4.69) is 79.1 Å². The molecule has 178 valence electrons. The minimum atomic E-state index is 0.663. The standard InChI is InChI=1S/C30H25N3OS2/c1-4-34-23-15-13-22(14-16-23)33-19(2)17-21(20(33)3)18-24(29-31-25-9-5-7-11-27(25)35-29)30-32-26-10-6-8-12-28(26)36-30/h5-18H,4H2,1-3H3. The average molecular weight is 508 g/mol. The van der Waals surface area contributed by atoms with Gasteiger partial charge in [0.2, 0.25) is 0 Å². The summed E-state index contributed by atoms with van der Waals surface area (Å²) < 4.78 is 10.3. The Morgan fingerprint density at radius 3 is 1.97 bits per heavy atom. The topological polar surface area (TPSA) is 39.9 Å². The number of para-hydroxylation sites is 2. The number of aryl methyl sites for hydroxylation is 1. The number of nitrogens with zero attached hydrogens (tertiary/aromatic N) is 3. The normalized spacial score (nSPS) is 11.3. The lowest BCUT2D eigenvalue weighted by atomic mass is 10.1. The van der Waals surface area contributed by atoms with Crippen LogP contribution in [-0.2, 0) is 0 Å². The molecule has 0 spiro atoms. The SMILES string of the molecule is CCOc1ccc(-n2c(C)cc(C=C(c3nc4ccccc4s3)c3nc4ccccc4s3)c2C)cc1. The van der Waals surface area contributed by atoms with Gasteiger partial charge >= 0.3 is 0 Å². The molecular weight excluding hydrogens is 482 g/mol. The smallest absolute Gasteiger partial charge is 0.127 e. The van der Waals surface area contributed by atoms with Gasteiger partial charge in [0.25, 0.3) is 0 Å². The second kappa shape index (κ2) is 9.37. The highest BCUT2D eigenvalue weighted by Gasteiger charge is 2.18. The van der Waals surface area contributed by atoms with Crippen LogP contribution in [-0.4, -0.2) is 21.1 Å². The van der Waals surface area contributed by atoms with Crippen molar-refractivity contribution >= 4 is 54.8 Å². The van der Waals surface area contributed by atoms with Crippen molar-refractivity contribution in [2.75, 3.05) is 6.61 Å². The van der Waals surface area contributed by atoms with Crippen LogP contribution in [0.3, 0.4) is 0 Å². The summed E-state index contributed by atoms with van der Waals surface area (Å²) in [5.41, 5.74) is 7.73. The zero-order valence-electron chi connectivity index (χ0n) is 20.4. The molecule has 36 heavy (non-hydrogen) atoms. The summed E-state index contributed by atoms with van der Waals surface area (Å²) in [4.78, 5) is 9.99. The van der Waals surface area contributed by atoms with Gasteiger partial charge in [-0.2, -0.15) is 0 Å².